The summed E-state index contributed by atoms with van der Waals surface area (Å²) in [5, 5.41) is 10.7. The Labute approximate surface area is 687 Å². The van der Waals surface area contributed by atoms with Crippen molar-refractivity contribution in [1.82, 2.24) is 0 Å². The van der Waals surface area contributed by atoms with Crippen molar-refractivity contribution in [2.75, 3.05) is 39.6 Å². The lowest BCUT2D eigenvalue weighted by Crippen LogP contribution is -2.30. The zero-order valence-electron chi connectivity index (χ0n) is 69.4. The van der Waals surface area contributed by atoms with Gasteiger partial charge in [-0.1, -0.05) is 308 Å². The minimum atomic E-state index is -5.05. The summed E-state index contributed by atoms with van der Waals surface area (Å²) in [6.07, 6.45) is 113. The molecule has 114 heavy (non-hydrogen) atoms. The van der Waals surface area contributed by atoms with E-state index in [4.69, 9.17) is 37.0 Å². The molecule has 3 N–H and O–H groups in total. The Morgan fingerprint density at radius 2 is 0.465 bits per heavy atom. The van der Waals surface area contributed by atoms with E-state index in [0.29, 0.717) is 51.4 Å². The van der Waals surface area contributed by atoms with Crippen molar-refractivity contribution in [3.05, 3.63) is 267 Å². The highest BCUT2D eigenvalue weighted by Gasteiger charge is 2.30. The highest BCUT2D eigenvalue weighted by atomic mass is 31.2. The molecule has 0 aliphatic heterocycles. The van der Waals surface area contributed by atoms with Crippen LogP contribution < -0.4 is 0 Å². The van der Waals surface area contributed by atoms with Crippen LogP contribution in [0.1, 0.15) is 246 Å². The molecule has 0 aromatic carbocycles. The summed E-state index contributed by atoms with van der Waals surface area (Å²) >= 11 is 0. The van der Waals surface area contributed by atoms with E-state index in [-0.39, 0.29) is 25.7 Å². The third kappa shape index (κ3) is 82.3. The van der Waals surface area contributed by atoms with Gasteiger partial charge in [0, 0.05) is 25.7 Å². The van der Waals surface area contributed by atoms with Crippen LogP contribution >= 0.6 is 15.6 Å². The number of rotatable bonds is 74. The van der Waals surface area contributed by atoms with Crippen molar-refractivity contribution >= 4 is 39.5 Å². The van der Waals surface area contributed by atoms with Crippen molar-refractivity contribution in [2.45, 2.75) is 264 Å². The third-order valence-corrected chi connectivity index (χ3v) is 17.6. The highest BCUT2D eigenvalue weighted by molar-refractivity contribution is 7.47. The van der Waals surface area contributed by atoms with Crippen molar-refractivity contribution < 1.29 is 80.2 Å². The molecule has 0 heterocycles. The van der Waals surface area contributed by atoms with Gasteiger partial charge in [0.2, 0.25) is 0 Å². The zero-order valence-corrected chi connectivity index (χ0v) is 71.2. The standard InChI is InChI=1S/C95H142O17P2/c1-5-9-13-17-21-25-29-33-37-41-44-48-52-56-60-64-68-72-76-80-93(98)106-86-91(112-95(100)82-78-74-70-66-62-58-54-50-46-43-39-35-31-27-23-19-15-11-7-3)88-110-114(103,104)108-84-89(96)83-107-113(101,102)109-87-90(85-105-92(97)79-75-71-67-63-59-55-51-47-40-36-32-28-24-20-16-12-8-4)111-94(99)81-77-73-69-65-61-57-53-49-45-42-38-34-30-26-22-18-14-10-6-2/h9-11,13-15,21-28,33-40,44-46,48-51,55-58,60-63,67-70,72-74,89-91,96H,5-8,12,16-20,29-32,41-43,47,52-54,59,64-66,71,75-88H2,1-4H3,(H,101,102)(H,103,104)/b13-9-,14-10-,15-11-,25-21-,26-22-,27-23-,28-24-,37-33-,38-34-,39-35-,40-36-,48-44-,49-45-,50-46-,55-51-,60-56-,61-57-,62-58-,67-63-,72-68-,73-69-,74-70-/t89-,90+,91+/m0/s1. The highest BCUT2D eigenvalue weighted by Crippen LogP contribution is 2.45. The molecule has 634 valence electrons. The van der Waals surface area contributed by atoms with Crippen LogP contribution in [0.3, 0.4) is 0 Å². The van der Waals surface area contributed by atoms with Gasteiger partial charge in [-0.2, -0.15) is 0 Å². The predicted molar refractivity (Wildman–Crippen MR) is 472 cm³/mol. The monoisotopic (exact) mass is 1620 g/mol. The summed E-state index contributed by atoms with van der Waals surface area (Å²) in [4.78, 5) is 73.1. The molecule has 0 aliphatic carbocycles. The molecule has 0 bridgehead atoms. The summed E-state index contributed by atoms with van der Waals surface area (Å²) in [6.45, 7) is 4.12. The maximum absolute atomic E-state index is 13.1. The van der Waals surface area contributed by atoms with E-state index in [1.54, 1.807) is 0 Å². The number of hydrogen-bond donors (Lipinski definition) is 3. The number of phosphoric ester groups is 2. The Hall–Kier alpha value is -7.66. The van der Waals surface area contributed by atoms with Gasteiger partial charge in [-0.05, 0) is 180 Å². The van der Waals surface area contributed by atoms with Crippen molar-refractivity contribution in [1.29, 1.82) is 0 Å². The summed E-state index contributed by atoms with van der Waals surface area (Å²) in [6, 6.07) is 0. The average molecular weight is 1620 g/mol. The average Bonchev–Trinajstić information content (AvgIpc) is 0.899. The fourth-order valence-electron chi connectivity index (χ4n) is 9.52. The molecule has 17 nitrogen and oxygen atoms in total. The van der Waals surface area contributed by atoms with Gasteiger partial charge in [0.25, 0.3) is 0 Å². The van der Waals surface area contributed by atoms with E-state index < -0.39 is 97.5 Å². The summed E-state index contributed by atoms with van der Waals surface area (Å²) in [5.41, 5.74) is 0. The molecular weight excluding hydrogens is 1470 g/mol. The molecule has 0 amide bonds. The van der Waals surface area contributed by atoms with Crippen LogP contribution in [0.25, 0.3) is 0 Å². The van der Waals surface area contributed by atoms with E-state index >= 15 is 0 Å². The van der Waals surface area contributed by atoms with E-state index in [1.807, 2.05) is 66.8 Å². The van der Waals surface area contributed by atoms with Crippen molar-refractivity contribution in [3.8, 4) is 0 Å². The van der Waals surface area contributed by atoms with Crippen LogP contribution in [0.15, 0.2) is 267 Å². The molecule has 0 saturated carbocycles. The normalized spacial score (nSPS) is 15.1. The Kier molecular flexibility index (Phi) is 77.7. The number of allylic oxidation sites excluding steroid dienone is 44. The number of ether oxygens (including phenoxy) is 4. The molecule has 0 aromatic rings. The summed E-state index contributed by atoms with van der Waals surface area (Å²) in [7, 11) is -10.1. The topological polar surface area (TPSA) is 237 Å². The Balaban J connectivity index is 5.69. The van der Waals surface area contributed by atoms with Crippen LogP contribution in [-0.2, 0) is 65.4 Å². The number of phosphoric acid groups is 2. The van der Waals surface area contributed by atoms with E-state index in [0.717, 1.165) is 122 Å². The predicted octanol–water partition coefficient (Wildman–Crippen LogP) is 25.1. The fraction of sp³-hybridized carbons (Fsp3) is 0.495. The van der Waals surface area contributed by atoms with Gasteiger partial charge in [-0.15, -0.1) is 0 Å². The second-order valence-corrected chi connectivity index (χ2v) is 29.1. The maximum atomic E-state index is 13.1. The van der Waals surface area contributed by atoms with Gasteiger partial charge in [-0.25, -0.2) is 9.13 Å². The molecule has 0 saturated heterocycles. The molecule has 19 heteroatoms. The van der Waals surface area contributed by atoms with Crippen molar-refractivity contribution in [2.24, 2.45) is 0 Å². The second kappa shape index (κ2) is 83.3. The molecule has 5 atom stereocenters. The molecule has 0 spiro atoms. The Morgan fingerprint density at radius 1 is 0.254 bits per heavy atom. The Bertz CT molecular complexity index is 3230. The van der Waals surface area contributed by atoms with E-state index in [1.165, 1.54) is 19.3 Å². The zero-order chi connectivity index (χ0) is 83.1. The minimum absolute atomic E-state index is 0.00416. The second-order valence-electron chi connectivity index (χ2n) is 26.2. The first-order chi connectivity index (χ1) is 55.7. The maximum Gasteiger partial charge on any atom is 0.472 e. The molecule has 2 unspecified atom stereocenters. The van der Waals surface area contributed by atoms with Crippen LogP contribution in [0.5, 0.6) is 0 Å². The molecule has 0 aliphatic rings. The minimum Gasteiger partial charge on any atom is -0.462 e. The number of carbonyl (C=O) groups excluding carboxylic acids is 4. The Morgan fingerprint density at radius 3 is 0.719 bits per heavy atom. The van der Waals surface area contributed by atoms with Gasteiger partial charge in [0.05, 0.1) is 26.4 Å². The SMILES string of the molecule is CC/C=C\C/C=C\C/C=C\C/C=C\C/C=C\C/C=C\CCC(=O)OC[C@H](COP(=O)(O)OC[C@@H](O)COP(=O)(O)OC[C@@H](COC(=O)CCC/C=C\C/C=C\C/C=C\C/C=C\CCCCC)OC(=O)CC/C=C\C/C=C\C/C=C\C/C=C\C/C=C\C/C=C\CC)OC(=O)CC/C=C\C/C=C\C/C=C\C/C=C\C/C=C\C/C=C\CC. The molecule has 0 rings (SSSR count). The summed E-state index contributed by atoms with van der Waals surface area (Å²) in [5.74, 6) is -2.58. The molecule has 0 fully saturated rings. The number of aliphatic hydroxyl groups is 1. The van der Waals surface area contributed by atoms with Gasteiger partial charge < -0.3 is 33.8 Å². The number of hydrogen-bond acceptors (Lipinski definition) is 15. The van der Waals surface area contributed by atoms with Gasteiger partial charge in [0.15, 0.2) is 12.2 Å². The lowest BCUT2D eigenvalue weighted by molar-refractivity contribution is -0.161. The lowest BCUT2D eigenvalue weighted by Gasteiger charge is -2.21. The first-order valence-electron chi connectivity index (χ1n) is 41.6. The molecule has 0 radical (unpaired) electrons. The number of aliphatic hydroxyl groups excluding tert-OH is 1. The summed E-state index contributed by atoms with van der Waals surface area (Å²) < 4.78 is 68.4. The lowest BCUT2D eigenvalue weighted by atomic mass is 10.2. The van der Waals surface area contributed by atoms with Crippen LogP contribution in [0.2, 0.25) is 0 Å². The first-order valence-corrected chi connectivity index (χ1v) is 44.6. The fourth-order valence-corrected chi connectivity index (χ4v) is 11.1. The molecule has 0 aromatic heterocycles. The van der Waals surface area contributed by atoms with Crippen LogP contribution in [0, 0.1) is 0 Å². The van der Waals surface area contributed by atoms with E-state index in [9.17, 15) is 43.2 Å². The molecular formula is C95H142O17P2. The number of carbonyl (C=O) groups is 4. The van der Waals surface area contributed by atoms with E-state index in [2.05, 4.69) is 228 Å². The van der Waals surface area contributed by atoms with Gasteiger partial charge in [-0.3, -0.25) is 37.3 Å². The van der Waals surface area contributed by atoms with Crippen LogP contribution in [-0.4, -0.2) is 96.7 Å². The number of esters is 4. The van der Waals surface area contributed by atoms with Crippen LogP contribution in [0.4, 0.5) is 0 Å². The number of unbranched alkanes of at least 4 members (excludes halogenated alkanes) is 4. The van der Waals surface area contributed by atoms with Gasteiger partial charge in [0.1, 0.15) is 19.3 Å². The van der Waals surface area contributed by atoms with Crippen molar-refractivity contribution in [3.63, 3.8) is 0 Å². The largest absolute Gasteiger partial charge is 0.472 e. The van der Waals surface area contributed by atoms with Gasteiger partial charge >= 0.3 is 39.5 Å². The smallest absolute Gasteiger partial charge is 0.462 e. The first kappa shape index (κ1) is 106. The quantitative estimate of drug-likeness (QED) is 0.0169. The third-order valence-electron chi connectivity index (χ3n) is 15.7.